The maximum Gasteiger partial charge on any atom is 0.0623 e. The molecule has 0 aliphatic carbocycles. The van der Waals surface area contributed by atoms with Crippen molar-refractivity contribution in [3.8, 4) is 0 Å². The fourth-order valence-electron chi connectivity index (χ4n) is 1.17. The number of hydrogen-bond acceptors (Lipinski definition) is 2. The lowest BCUT2D eigenvalue weighted by Gasteiger charge is -2.14. The first kappa shape index (κ1) is 7.03. The smallest absolute Gasteiger partial charge is 0.0623 e. The van der Waals surface area contributed by atoms with E-state index in [1.54, 1.807) is 0 Å². The molecule has 0 spiro atoms. The highest BCUT2D eigenvalue weighted by Gasteiger charge is 2.20. The molecule has 0 aromatic carbocycles. The molecule has 9 heavy (non-hydrogen) atoms. The van der Waals surface area contributed by atoms with Crippen LogP contribution in [0.1, 0.15) is 19.8 Å². The highest BCUT2D eigenvalue weighted by Crippen LogP contribution is 2.19. The summed E-state index contributed by atoms with van der Waals surface area (Å²) in [6.45, 7) is 3.16. The summed E-state index contributed by atoms with van der Waals surface area (Å²) in [7, 11) is 0. The Balaban J connectivity index is 2.24. The fraction of sp³-hybridized carbons (Fsp3) is 1.00. The first-order valence-electron chi connectivity index (χ1n) is 3.57. The summed E-state index contributed by atoms with van der Waals surface area (Å²) in [5.74, 6) is 0.326. The van der Waals surface area contributed by atoms with E-state index in [4.69, 9.17) is 9.84 Å². The van der Waals surface area contributed by atoms with E-state index in [9.17, 15) is 0 Å². The maximum atomic E-state index is 8.72. The van der Waals surface area contributed by atoms with E-state index in [1.807, 2.05) is 6.92 Å². The van der Waals surface area contributed by atoms with Crippen LogP contribution in [0.2, 0.25) is 0 Å². The maximum absolute atomic E-state index is 8.72. The Bertz CT molecular complexity index is 77.0. The fourth-order valence-corrected chi connectivity index (χ4v) is 1.17. The van der Waals surface area contributed by atoms with Gasteiger partial charge >= 0.3 is 0 Å². The summed E-state index contributed by atoms with van der Waals surface area (Å²) in [5.41, 5.74) is 0. The minimum absolute atomic E-state index is 0.255. The second-order valence-electron chi connectivity index (χ2n) is 2.71. The second kappa shape index (κ2) is 3.18. The van der Waals surface area contributed by atoms with Crippen molar-refractivity contribution >= 4 is 0 Å². The highest BCUT2D eigenvalue weighted by atomic mass is 16.5. The molecule has 1 rings (SSSR count). The molecule has 0 amide bonds. The average Bonchev–Trinajstić information content (AvgIpc) is 2.37. The zero-order chi connectivity index (χ0) is 6.69. The third-order valence-corrected chi connectivity index (χ3v) is 1.89. The minimum atomic E-state index is 0.255. The molecule has 1 fully saturated rings. The lowest BCUT2D eigenvalue weighted by atomic mass is 10.0. The van der Waals surface area contributed by atoms with Gasteiger partial charge in [-0.15, -0.1) is 0 Å². The number of ether oxygens (including phenoxy) is 1. The van der Waals surface area contributed by atoms with Gasteiger partial charge in [0, 0.05) is 19.1 Å². The molecule has 1 N–H and O–H groups in total. The van der Waals surface area contributed by atoms with E-state index < -0.39 is 0 Å². The lowest BCUT2D eigenvalue weighted by molar-refractivity contribution is 0.0445. The van der Waals surface area contributed by atoms with Gasteiger partial charge in [0.1, 0.15) is 0 Å². The quantitative estimate of drug-likeness (QED) is 0.599. The van der Waals surface area contributed by atoms with Crippen LogP contribution in [0.4, 0.5) is 0 Å². The van der Waals surface area contributed by atoms with Gasteiger partial charge < -0.3 is 9.84 Å². The summed E-state index contributed by atoms with van der Waals surface area (Å²) in [4.78, 5) is 0. The molecule has 0 radical (unpaired) electrons. The standard InChI is InChI=1S/C7H14O2/c1-6(5-8)7-3-2-4-9-7/h6-8H,2-5H2,1H3/t6?,7-/m1/s1. The lowest BCUT2D eigenvalue weighted by Crippen LogP contribution is -2.19. The molecule has 54 valence electrons. The molecule has 1 heterocycles. The first-order chi connectivity index (χ1) is 4.34. The Morgan fingerprint density at radius 2 is 2.56 bits per heavy atom. The molecular formula is C7H14O2. The van der Waals surface area contributed by atoms with Crippen LogP contribution in [0.3, 0.4) is 0 Å². The predicted octanol–water partition coefficient (Wildman–Crippen LogP) is 0.794. The van der Waals surface area contributed by atoms with Gasteiger partial charge in [-0.25, -0.2) is 0 Å². The van der Waals surface area contributed by atoms with E-state index in [-0.39, 0.29) is 6.61 Å². The van der Waals surface area contributed by atoms with Crippen molar-refractivity contribution < 1.29 is 9.84 Å². The third-order valence-electron chi connectivity index (χ3n) is 1.89. The van der Waals surface area contributed by atoms with Gasteiger partial charge in [-0.05, 0) is 12.8 Å². The molecule has 1 aliphatic rings. The number of rotatable bonds is 2. The van der Waals surface area contributed by atoms with Gasteiger partial charge in [-0.1, -0.05) is 6.92 Å². The van der Waals surface area contributed by atoms with E-state index in [2.05, 4.69) is 0 Å². The van der Waals surface area contributed by atoms with Gasteiger partial charge in [0.2, 0.25) is 0 Å². The summed E-state index contributed by atoms with van der Waals surface area (Å²) < 4.78 is 5.35. The van der Waals surface area contributed by atoms with Gasteiger partial charge in [0.15, 0.2) is 0 Å². The molecule has 2 heteroatoms. The summed E-state index contributed by atoms with van der Waals surface area (Å²) in [5, 5.41) is 8.72. The largest absolute Gasteiger partial charge is 0.396 e. The third kappa shape index (κ3) is 1.66. The minimum Gasteiger partial charge on any atom is -0.396 e. The van der Waals surface area contributed by atoms with Crippen LogP contribution in [0.25, 0.3) is 0 Å². The number of aliphatic hydroxyl groups is 1. The summed E-state index contributed by atoms with van der Waals surface area (Å²) in [6, 6.07) is 0. The van der Waals surface area contributed by atoms with Gasteiger partial charge in [-0.2, -0.15) is 0 Å². The second-order valence-corrected chi connectivity index (χ2v) is 2.71. The van der Waals surface area contributed by atoms with Crippen molar-refractivity contribution in [3.05, 3.63) is 0 Å². The Morgan fingerprint density at radius 1 is 1.78 bits per heavy atom. The highest BCUT2D eigenvalue weighted by molar-refractivity contribution is 4.69. The van der Waals surface area contributed by atoms with Crippen molar-refractivity contribution in [2.45, 2.75) is 25.9 Å². The number of hydrogen-bond donors (Lipinski definition) is 1. The molecule has 2 nitrogen and oxygen atoms in total. The van der Waals surface area contributed by atoms with Crippen LogP contribution in [0.15, 0.2) is 0 Å². The molecule has 1 aliphatic heterocycles. The zero-order valence-electron chi connectivity index (χ0n) is 5.84. The SMILES string of the molecule is CC(CO)[C@H]1CCCO1. The molecule has 0 aromatic heterocycles. The summed E-state index contributed by atoms with van der Waals surface area (Å²) in [6.07, 6.45) is 2.62. The van der Waals surface area contributed by atoms with Crippen molar-refractivity contribution in [1.82, 2.24) is 0 Å². The van der Waals surface area contributed by atoms with Gasteiger partial charge in [0.25, 0.3) is 0 Å². The van der Waals surface area contributed by atoms with Crippen molar-refractivity contribution in [2.75, 3.05) is 13.2 Å². The zero-order valence-corrected chi connectivity index (χ0v) is 5.84. The number of aliphatic hydroxyl groups excluding tert-OH is 1. The van der Waals surface area contributed by atoms with Crippen LogP contribution in [-0.2, 0) is 4.74 Å². The van der Waals surface area contributed by atoms with Crippen LogP contribution < -0.4 is 0 Å². The Kier molecular flexibility index (Phi) is 2.49. The molecule has 1 unspecified atom stereocenters. The van der Waals surface area contributed by atoms with Gasteiger partial charge in [0.05, 0.1) is 6.10 Å². The van der Waals surface area contributed by atoms with Crippen LogP contribution in [0.5, 0.6) is 0 Å². The molecule has 0 saturated carbocycles. The Labute approximate surface area is 55.8 Å². The van der Waals surface area contributed by atoms with E-state index in [1.165, 1.54) is 0 Å². The van der Waals surface area contributed by atoms with Crippen molar-refractivity contribution in [1.29, 1.82) is 0 Å². The Hall–Kier alpha value is -0.0800. The van der Waals surface area contributed by atoms with Gasteiger partial charge in [-0.3, -0.25) is 0 Å². The predicted molar refractivity (Wildman–Crippen MR) is 35.2 cm³/mol. The van der Waals surface area contributed by atoms with Crippen molar-refractivity contribution in [3.63, 3.8) is 0 Å². The molecule has 0 aromatic rings. The van der Waals surface area contributed by atoms with Crippen LogP contribution in [-0.4, -0.2) is 24.4 Å². The first-order valence-corrected chi connectivity index (χ1v) is 3.57. The molecule has 2 atom stereocenters. The van der Waals surface area contributed by atoms with Crippen molar-refractivity contribution in [2.24, 2.45) is 5.92 Å². The average molecular weight is 130 g/mol. The van der Waals surface area contributed by atoms with Crippen LogP contribution in [0, 0.1) is 5.92 Å². The monoisotopic (exact) mass is 130 g/mol. The normalized spacial score (nSPS) is 30.7. The topological polar surface area (TPSA) is 29.5 Å². The van der Waals surface area contributed by atoms with E-state index in [0.717, 1.165) is 19.4 Å². The molecule has 1 saturated heterocycles. The van der Waals surface area contributed by atoms with E-state index >= 15 is 0 Å². The van der Waals surface area contributed by atoms with Crippen LogP contribution >= 0.6 is 0 Å². The molecule has 0 bridgehead atoms. The Morgan fingerprint density at radius 3 is 3.00 bits per heavy atom. The molecular weight excluding hydrogens is 116 g/mol. The summed E-state index contributed by atoms with van der Waals surface area (Å²) >= 11 is 0. The van der Waals surface area contributed by atoms with E-state index in [0.29, 0.717) is 12.0 Å².